The molecule has 0 saturated heterocycles. The summed E-state index contributed by atoms with van der Waals surface area (Å²) in [5.41, 5.74) is -2.68. The molecule has 0 spiro atoms. The zero-order valence-electron chi connectivity index (χ0n) is 17.8. The van der Waals surface area contributed by atoms with Crippen LogP contribution in [-0.2, 0) is 16.6 Å². The van der Waals surface area contributed by atoms with Crippen LogP contribution in [0, 0.1) is 0 Å². The third-order valence-electron chi connectivity index (χ3n) is 4.79. The van der Waals surface area contributed by atoms with E-state index in [0.29, 0.717) is 12.4 Å². The molecule has 0 aliphatic carbocycles. The molecule has 1 amide bonds. The molecule has 0 aliphatic rings. The summed E-state index contributed by atoms with van der Waals surface area (Å²) >= 11 is 6.65. The van der Waals surface area contributed by atoms with Crippen LogP contribution in [0.25, 0.3) is 0 Å². The normalized spacial score (nSPS) is 16.4. The van der Waals surface area contributed by atoms with E-state index in [1.165, 1.54) is 32.2 Å². The smallest absolute Gasteiger partial charge is 0.391 e. The average Bonchev–Trinajstić information content (AvgIpc) is 3.24. The fourth-order valence-corrected chi connectivity index (χ4v) is 3.85. The van der Waals surface area contributed by atoms with Gasteiger partial charge in [0.1, 0.15) is 9.34 Å². The molecule has 2 heterocycles. The first-order chi connectivity index (χ1) is 15.9. The quantitative estimate of drug-likeness (QED) is 0.332. The molecule has 3 rings (SSSR count). The van der Waals surface area contributed by atoms with E-state index in [2.05, 4.69) is 20.3 Å². The van der Waals surface area contributed by atoms with Crippen molar-refractivity contribution in [2.45, 2.75) is 44.1 Å². The minimum atomic E-state index is -4.85. The second-order valence-corrected chi connectivity index (χ2v) is 8.97. The molecule has 2 N–H and O–H groups in total. The molecular formula is C21H19ClF4N4O3S. The maximum absolute atomic E-state index is 16.2. The van der Waals surface area contributed by atoms with Gasteiger partial charge in [0.15, 0.2) is 0 Å². The molecule has 34 heavy (non-hydrogen) atoms. The average molecular weight is 519 g/mol. The third-order valence-corrected chi connectivity index (χ3v) is 5.94. The Balaban J connectivity index is 2.18. The Morgan fingerprint density at radius 3 is 2.24 bits per heavy atom. The molecule has 3 unspecified atom stereocenters. The number of thiazole rings is 1. The summed E-state index contributed by atoms with van der Waals surface area (Å²) in [5, 5.41) is 12.2. The fraction of sp³-hybridized carbons (Fsp3) is 0.333. The highest BCUT2D eigenvalue weighted by molar-refractivity contribution is 7.15. The molecule has 182 valence electrons. The monoisotopic (exact) mass is 518 g/mol. The number of nitrogens with one attached hydrogen (secondary N) is 1. The number of aliphatic hydroxyl groups is 1. The molecule has 3 aromatic rings. The second-order valence-electron chi connectivity index (χ2n) is 7.28. The van der Waals surface area contributed by atoms with Gasteiger partial charge in [-0.15, -0.1) is 11.3 Å². The van der Waals surface area contributed by atoms with Crippen LogP contribution < -0.4 is 5.32 Å². The number of carbonyl (C=O) groups excluding carboxylic acids is 1. The van der Waals surface area contributed by atoms with E-state index in [1.807, 2.05) is 0 Å². The Morgan fingerprint density at radius 2 is 1.74 bits per heavy atom. The topological polar surface area (TPSA) is 97.2 Å². The van der Waals surface area contributed by atoms with Crippen LogP contribution in [0.15, 0.2) is 48.9 Å². The Hall–Kier alpha value is -2.67. The molecule has 0 aliphatic heterocycles. The molecule has 0 saturated carbocycles. The molecule has 4 atom stereocenters. The number of carbonyl (C=O) groups is 1. The van der Waals surface area contributed by atoms with Crippen molar-refractivity contribution in [3.05, 3.63) is 75.2 Å². The molecule has 13 heteroatoms. The Bertz CT molecular complexity index is 1120. The van der Waals surface area contributed by atoms with Crippen LogP contribution in [0.4, 0.5) is 17.6 Å². The van der Waals surface area contributed by atoms with Crippen LogP contribution in [0.5, 0.6) is 0 Å². The highest BCUT2D eigenvalue weighted by atomic mass is 35.5. The molecular weight excluding hydrogens is 500 g/mol. The highest BCUT2D eigenvalue weighted by Crippen LogP contribution is 2.43. The van der Waals surface area contributed by atoms with Gasteiger partial charge in [0.25, 0.3) is 5.91 Å². The lowest BCUT2D eigenvalue weighted by atomic mass is 9.98. The minimum absolute atomic E-state index is 0.123. The van der Waals surface area contributed by atoms with Crippen molar-refractivity contribution in [1.82, 2.24) is 20.3 Å². The largest absolute Gasteiger partial charge is 0.451 e. The third kappa shape index (κ3) is 5.69. The van der Waals surface area contributed by atoms with E-state index in [-0.39, 0.29) is 20.5 Å². The minimum Gasteiger partial charge on any atom is -0.391 e. The van der Waals surface area contributed by atoms with E-state index in [4.69, 9.17) is 16.3 Å². The van der Waals surface area contributed by atoms with Gasteiger partial charge in [-0.25, -0.2) is 19.3 Å². The Morgan fingerprint density at radius 1 is 1.12 bits per heavy atom. The molecule has 7 nitrogen and oxygen atoms in total. The van der Waals surface area contributed by atoms with Gasteiger partial charge >= 0.3 is 6.18 Å². The number of hydrogen-bond acceptors (Lipinski definition) is 7. The predicted molar refractivity (Wildman–Crippen MR) is 116 cm³/mol. The fourth-order valence-electron chi connectivity index (χ4n) is 2.89. The molecule has 2 aromatic heterocycles. The number of ether oxygens (including phenoxy) is 1. The lowest BCUT2D eigenvalue weighted by Crippen LogP contribution is -2.54. The van der Waals surface area contributed by atoms with Gasteiger partial charge in [-0.05, 0) is 26.0 Å². The second kappa shape index (κ2) is 10.3. The summed E-state index contributed by atoms with van der Waals surface area (Å²) in [7, 11) is 0. The highest BCUT2D eigenvalue weighted by Gasteiger charge is 2.49. The maximum Gasteiger partial charge on any atom is 0.451 e. The standard InChI is InChI=1S/C21H19ClF4N4O3S/c1-11(31)12(2)33-20(16(23)18-27-10-15(22)34-18,30-17(32)13-6-4-3-5-7-13)14-8-28-19(29-9-14)21(24,25)26/h3-12,16,31H,1-2H3,(H,30,32)/t11?,12?,16?,20-/m1/s1. The number of benzene rings is 1. The van der Waals surface area contributed by atoms with Gasteiger partial charge in [-0.2, -0.15) is 13.2 Å². The number of rotatable bonds is 8. The molecule has 0 fully saturated rings. The summed E-state index contributed by atoms with van der Waals surface area (Å²) in [6, 6.07) is 7.72. The van der Waals surface area contributed by atoms with Gasteiger partial charge in [-0.1, -0.05) is 29.8 Å². The Labute approximate surface area is 200 Å². The SMILES string of the molecule is CC(O)C(C)O[C@](NC(=O)c1ccccc1)(c1cnc(C(F)(F)F)nc1)C(F)c1ncc(Cl)s1. The number of aromatic nitrogens is 3. The van der Waals surface area contributed by atoms with Crippen molar-refractivity contribution >= 4 is 28.8 Å². The summed E-state index contributed by atoms with van der Waals surface area (Å²) in [6.45, 7) is 2.77. The summed E-state index contributed by atoms with van der Waals surface area (Å²) < 4.78 is 61.2. The van der Waals surface area contributed by atoms with Crippen LogP contribution in [0.1, 0.15) is 46.8 Å². The van der Waals surface area contributed by atoms with Gasteiger partial charge in [-0.3, -0.25) is 4.79 Å². The summed E-state index contributed by atoms with van der Waals surface area (Å²) in [6.07, 6.45) is -6.75. The van der Waals surface area contributed by atoms with E-state index in [0.717, 1.165) is 11.3 Å². The number of aliphatic hydroxyl groups excluding tert-OH is 1. The number of hydrogen-bond donors (Lipinski definition) is 2. The number of amides is 1. The van der Waals surface area contributed by atoms with Crippen molar-refractivity contribution in [2.75, 3.05) is 0 Å². The van der Waals surface area contributed by atoms with Crippen LogP contribution in [0.3, 0.4) is 0 Å². The van der Waals surface area contributed by atoms with Crippen molar-refractivity contribution < 1.29 is 32.2 Å². The van der Waals surface area contributed by atoms with Gasteiger partial charge in [0.05, 0.1) is 18.4 Å². The molecule has 0 radical (unpaired) electrons. The first kappa shape index (κ1) is 25.9. The van der Waals surface area contributed by atoms with E-state index in [9.17, 15) is 23.1 Å². The first-order valence-electron chi connectivity index (χ1n) is 9.82. The first-order valence-corrected chi connectivity index (χ1v) is 11.0. The number of nitrogens with zero attached hydrogens (tertiary/aromatic N) is 3. The maximum atomic E-state index is 16.2. The van der Waals surface area contributed by atoms with Crippen molar-refractivity contribution in [1.29, 1.82) is 0 Å². The lowest BCUT2D eigenvalue weighted by molar-refractivity contribution is -0.176. The summed E-state index contributed by atoms with van der Waals surface area (Å²) in [4.78, 5) is 23.5. The van der Waals surface area contributed by atoms with Gasteiger partial charge < -0.3 is 15.2 Å². The van der Waals surface area contributed by atoms with Crippen LogP contribution in [0.2, 0.25) is 4.34 Å². The van der Waals surface area contributed by atoms with Gasteiger partial charge in [0, 0.05) is 23.5 Å². The van der Waals surface area contributed by atoms with Crippen LogP contribution in [-0.4, -0.2) is 38.2 Å². The van der Waals surface area contributed by atoms with Crippen molar-refractivity contribution in [3.63, 3.8) is 0 Å². The predicted octanol–water partition coefficient (Wildman–Crippen LogP) is 4.68. The molecule has 0 bridgehead atoms. The van der Waals surface area contributed by atoms with Crippen molar-refractivity contribution in [2.24, 2.45) is 0 Å². The van der Waals surface area contributed by atoms with Crippen LogP contribution >= 0.6 is 22.9 Å². The lowest BCUT2D eigenvalue weighted by Gasteiger charge is -2.39. The zero-order chi connectivity index (χ0) is 25.1. The van der Waals surface area contributed by atoms with E-state index in [1.54, 1.807) is 18.2 Å². The van der Waals surface area contributed by atoms with Crippen molar-refractivity contribution in [3.8, 4) is 0 Å². The number of alkyl halides is 4. The molecule has 1 aromatic carbocycles. The zero-order valence-corrected chi connectivity index (χ0v) is 19.3. The Kier molecular flexibility index (Phi) is 7.86. The summed E-state index contributed by atoms with van der Waals surface area (Å²) in [5.74, 6) is -2.26. The number of halogens is 5. The van der Waals surface area contributed by atoms with E-state index >= 15 is 4.39 Å². The van der Waals surface area contributed by atoms with E-state index < -0.39 is 42.0 Å². The van der Waals surface area contributed by atoms with Gasteiger partial charge in [0.2, 0.25) is 17.7 Å².